The molecular formula is C13H22N4O2. The summed E-state index contributed by atoms with van der Waals surface area (Å²) in [5.41, 5.74) is 5.62. The standard InChI is InChI=1S/C13H22N4O2/c1-4-18-12-15-11(14)16-13(17-12)19-10-6-5-8(2)9(3)7-10/h8-10H,4-7H2,1-3H3,(H2,14,15,16,17). The Kier molecular flexibility index (Phi) is 4.39. The molecule has 6 heteroatoms. The van der Waals surface area contributed by atoms with Gasteiger partial charge in [-0.05, 0) is 38.0 Å². The van der Waals surface area contributed by atoms with Crippen molar-refractivity contribution in [2.45, 2.75) is 46.1 Å². The molecule has 2 rings (SSSR count). The highest BCUT2D eigenvalue weighted by Crippen LogP contribution is 2.31. The Labute approximate surface area is 113 Å². The molecule has 19 heavy (non-hydrogen) atoms. The van der Waals surface area contributed by atoms with Crippen molar-refractivity contribution in [1.29, 1.82) is 0 Å². The molecule has 6 nitrogen and oxygen atoms in total. The fraction of sp³-hybridized carbons (Fsp3) is 0.769. The number of nitrogen functional groups attached to an aromatic ring is 1. The number of nitrogens with two attached hydrogens (primary N) is 1. The molecule has 0 bridgehead atoms. The maximum absolute atomic E-state index is 5.82. The highest BCUT2D eigenvalue weighted by Gasteiger charge is 2.26. The van der Waals surface area contributed by atoms with Crippen LogP contribution in [0.2, 0.25) is 0 Å². The molecule has 0 saturated heterocycles. The van der Waals surface area contributed by atoms with Gasteiger partial charge < -0.3 is 15.2 Å². The Morgan fingerprint density at radius 1 is 1.11 bits per heavy atom. The summed E-state index contributed by atoms with van der Waals surface area (Å²) >= 11 is 0. The van der Waals surface area contributed by atoms with Crippen LogP contribution in [-0.4, -0.2) is 27.7 Å². The molecule has 1 aromatic rings. The van der Waals surface area contributed by atoms with Gasteiger partial charge in [-0.15, -0.1) is 4.98 Å². The van der Waals surface area contributed by atoms with E-state index in [1.54, 1.807) is 0 Å². The molecule has 0 aromatic carbocycles. The van der Waals surface area contributed by atoms with Crippen LogP contribution in [0, 0.1) is 11.8 Å². The third-order valence-electron chi connectivity index (χ3n) is 3.71. The smallest absolute Gasteiger partial charge is 0.324 e. The van der Waals surface area contributed by atoms with Gasteiger partial charge in [0, 0.05) is 0 Å². The molecule has 0 aliphatic heterocycles. The van der Waals surface area contributed by atoms with Crippen LogP contribution in [-0.2, 0) is 0 Å². The molecular weight excluding hydrogens is 244 g/mol. The molecule has 1 aliphatic rings. The third-order valence-corrected chi connectivity index (χ3v) is 3.71. The number of aromatic nitrogens is 3. The maximum Gasteiger partial charge on any atom is 0.324 e. The monoisotopic (exact) mass is 266 g/mol. The Hall–Kier alpha value is -1.59. The Bertz CT molecular complexity index is 427. The van der Waals surface area contributed by atoms with Gasteiger partial charge in [0.2, 0.25) is 5.95 Å². The molecule has 1 aromatic heterocycles. The zero-order valence-corrected chi connectivity index (χ0v) is 11.8. The summed E-state index contributed by atoms with van der Waals surface area (Å²) in [4.78, 5) is 12.0. The van der Waals surface area contributed by atoms with Crippen molar-refractivity contribution in [1.82, 2.24) is 15.0 Å². The van der Waals surface area contributed by atoms with Crippen molar-refractivity contribution in [3.63, 3.8) is 0 Å². The molecule has 0 amide bonds. The van der Waals surface area contributed by atoms with Crippen molar-refractivity contribution < 1.29 is 9.47 Å². The molecule has 1 aliphatic carbocycles. The van der Waals surface area contributed by atoms with Gasteiger partial charge in [0.1, 0.15) is 6.10 Å². The third kappa shape index (κ3) is 3.68. The van der Waals surface area contributed by atoms with Crippen LogP contribution < -0.4 is 15.2 Å². The van der Waals surface area contributed by atoms with E-state index >= 15 is 0 Å². The van der Waals surface area contributed by atoms with E-state index in [2.05, 4.69) is 28.8 Å². The van der Waals surface area contributed by atoms with E-state index in [0.717, 1.165) is 18.8 Å². The van der Waals surface area contributed by atoms with Crippen LogP contribution in [0.5, 0.6) is 12.0 Å². The SMILES string of the molecule is CCOc1nc(N)nc(OC2CCC(C)C(C)C2)n1. The largest absolute Gasteiger partial charge is 0.464 e. The summed E-state index contributed by atoms with van der Waals surface area (Å²) in [6.07, 6.45) is 3.38. The summed E-state index contributed by atoms with van der Waals surface area (Å²) in [5, 5.41) is 0. The first-order valence-electron chi connectivity index (χ1n) is 6.89. The lowest BCUT2D eigenvalue weighted by molar-refractivity contribution is 0.0907. The molecule has 3 unspecified atom stereocenters. The van der Waals surface area contributed by atoms with Gasteiger partial charge >= 0.3 is 12.0 Å². The van der Waals surface area contributed by atoms with Gasteiger partial charge in [-0.1, -0.05) is 13.8 Å². The van der Waals surface area contributed by atoms with Crippen LogP contribution in [0.15, 0.2) is 0 Å². The highest BCUT2D eigenvalue weighted by atomic mass is 16.5. The highest BCUT2D eigenvalue weighted by molar-refractivity contribution is 5.20. The number of hydrogen-bond donors (Lipinski definition) is 1. The molecule has 0 spiro atoms. The lowest BCUT2D eigenvalue weighted by Crippen LogP contribution is -2.29. The molecule has 2 N–H and O–H groups in total. The zero-order chi connectivity index (χ0) is 13.8. The minimum absolute atomic E-state index is 0.130. The van der Waals surface area contributed by atoms with Crippen LogP contribution in [0.25, 0.3) is 0 Å². The number of anilines is 1. The lowest BCUT2D eigenvalue weighted by Gasteiger charge is -2.31. The molecule has 3 atom stereocenters. The van der Waals surface area contributed by atoms with Crippen molar-refractivity contribution in [2.24, 2.45) is 11.8 Å². The summed E-state index contributed by atoms with van der Waals surface area (Å²) in [6.45, 7) is 6.90. The first-order chi connectivity index (χ1) is 9.08. The quantitative estimate of drug-likeness (QED) is 0.898. The minimum Gasteiger partial charge on any atom is -0.464 e. The topological polar surface area (TPSA) is 83.2 Å². The Morgan fingerprint density at radius 2 is 1.84 bits per heavy atom. The first-order valence-corrected chi connectivity index (χ1v) is 6.89. The van der Waals surface area contributed by atoms with E-state index in [4.69, 9.17) is 15.2 Å². The summed E-state index contributed by atoms with van der Waals surface area (Å²) in [6, 6.07) is 0.491. The second-order valence-electron chi connectivity index (χ2n) is 5.20. The maximum atomic E-state index is 5.82. The molecule has 1 saturated carbocycles. The minimum atomic E-state index is 0.130. The van der Waals surface area contributed by atoms with Crippen LogP contribution in [0.1, 0.15) is 40.0 Å². The van der Waals surface area contributed by atoms with Gasteiger partial charge in [0.15, 0.2) is 0 Å². The lowest BCUT2D eigenvalue weighted by atomic mass is 9.80. The Morgan fingerprint density at radius 3 is 2.53 bits per heavy atom. The number of nitrogens with zero attached hydrogens (tertiary/aromatic N) is 3. The number of ether oxygens (including phenoxy) is 2. The zero-order valence-electron chi connectivity index (χ0n) is 11.8. The van der Waals surface area contributed by atoms with Gasteiger partial charge in [-0.25, -0.2) is 0 Å². The van der Waals surface area contributed by atoms with E-state index in [9.17, 15) is 0 Å². The Balaban J connectivity index is 2.02. The van der Waals surface area contributed by atoms with Gasteiger partial charge in [-0.3, -0.25) is 0 Å². The van der Waals surface area contributed by atoms with E-state index < -0.39 is 0 Å². The normalized spacial score (nSPS) is 27.0. The van der Waals surface area contributed by atoms with Crippen molar-refractivity contribution in [3.8, 4) is 12.0 Å². The van der Waals surface area contributed by atoms with Crippen LogP contribution in [0.3, 0.4) is 0 Å². The predicted octanol–water partition coefficient (Wildman–Crippen LogP) is 2.06. The second kappa shape index (κ2) is 6.04. The summed E-state index contributed by atoms with van der Waals surface area (Å²) < 4.78 is 11.1. The second-order valence-corrected chi connectivity index (χ2v) is 5.20. The van der Waals surface area contributed by atoms with Crippen LogP contribution >= 0.6 is 0 Å². The van der Waals surface area contributed by atoms with Gasteiger partial charge in [0.05, 0.1) is 6.61 Å². The number of rotatable bonds is 4. The van der Waals surface area contributed by atoms with Crippen molar-refractivity contribution >= 4 is 5.95 Å². The molecule has 1 heterocycles. The fourth-order valence-corrected chi connectivity index (χ4v) is 2.35. The summed E-state index contributed by atoms with van der Waals surface area (Å²) in [7, 11) is 0. The molecule has 106 valence electrons. The average Bonchev–Trinajstić information content (AvgIpc) is 2.33. The van der Waals surface area contributed by atoms with E-state index in [-0.39, 0.29) is 24.1 Å². The van der Waals surface area contributed by atoms with Gasteiger partial charge in [0.25, 0.3) is 0 Å². The van der Waals surface area contributed by atoms with Crippen molar-refractivity contribution in [2.75, 3.05) is 12.3 Å². The summed E-state index contributed by atoms with van der Waals surface area (Å²) in [5.74, 6) is 1.54. The predicted molar refractivity (Wildman–Crippen MR) is 72.0 cm³/mol. The molecule has 1 fully saturated rings. The average molecular weight is 266 g/mol. The van der Waals surface area contributed by atoms with Crippen molar-refractivity contribution in [3.05, 3.63) is 0 Å². The van der Waals surface area contributed by atoms with E-state index in [1.165, 1.54) is 6.42 Å². The first kappa shape index (κ1) is 13.8. The molecule has 0 radical (unpaired) electrons. The number of hydrogen-bond acceptors (Lipinski definition) is 6. The van der Waals surface area contributed by atoms with E-state index in [0.29, 0.717) is 12.5 Å². The van der Waals surface area contributed by atoms with E-state index in [1.807, 2.05) is 6.92 Å². The van der Waals surface area contributed by atoms with Crippen LogP contribution in [0.4, 0.5) is 5.95 Å². The van der Waals surface area contributed by atoms with Gasteiger partial charge in [-0.2, -0.15) is 9.97 Å². The fourth-order valence-electron chi connectivity index (χ4n) is 2.35.